The zero-order valence-electron chi connectivity index (χ0n) is 13.4. The molecule has 2 heterocycles. The minimum absolute atomic E-state index is 0.0948. The highest BCUT2D eigenvalue weighted by Crippen LogP contribution is 2.36. The average Bonchev–Trinajstić information content (AvgIpc) is 3.16. The van der Waals surface area contributed by atoms with Crippen LogP contribution in [0.15, 0.2) is 47.0 Å². The number of imide groups is 1. The first kappa shape index (κ1) is 14.9. The molecule has 122 valence electrons. The van der Waals surface area contributed by atoms with Crippen LogP contribution in [0.5, 0.6) is 0 Å². The molecule has 0 unspecified atom stereocenters. The van der Waals surface area contributed by atoms with E-state index in [1.54, 1.807) is 6.07 Å². The summed E-state index contributed by atoms with van der Waals surface area (Å²) in [6.45, 7) is 2.18. The summed E-state index contributed by atoms with van der Waals surface area (Å²) in [7, 11) is 0. The standard InChI is InChI=1S/C19H18N2O3/c1-12-6-8-13(9-7-12)17-10-14(24-20-17)11-21-18(22)15-4-2-3-5-16(15)19(21)23/h2-3,6-10,15-16H,4-5,11H2,1H3/t15-,16-/m1/s1. The Hall–Kier alpha value is -2.69. The summed E-state index contributed by atoms with van der Waals surface area (Å²) >= 11 is 0. The molecule has 2 atom stereocenters. The molecule has 1 fully saturated rings. The highest BCUT2D eigenvalue weighted by molar-refractivity contribution is 6.05. The minimum Gasteiger partial charge on any atom is -0.359 e. The topological polar surface area (TPSA) is 63.4 Å². The van der Waals surface area contributed by atoms with E-state index in [1.807, 2.05) is 43.3 Å². The Morgan fingerprint density at radius 3 is 2.33 bits per heavy atom. The lowest BCUT2D eigenvalue weighted by molar-refractivity contribution is -0.140. The molecule has 4 rings (SSSR count). The summed E-state index contributed by atoms with van der Waals surface area (Å²) in [5, 5.41) is 4.06. The second-order valence-electron chi connectivity index (χ2n) is 6.46. The number of nitrogens with zero attached hydrogens (tertiary/aromatic N) is 2. The van der Waals surface area contributed by atoms with Crippen molar-refractivity contribution in [2.24, 2.45) is 11.8 Å². The summed E-state index contributed by atoms with van der Waals surface area (Å²) < 4.78 is 5.35. The van der Waals surface area contributed by atoms with Crippen molar-refractivity contribution < 1.29 is 14.1 Å². The smallest absolute Gasteiger partial charge is 0.233 e. The predicted molar refractivity (Wildman–Crippen MR) is 87.6 cm³/mol. The Morgan fingerprint density at radius 2 is 1.71 bits per heavy atom. The Kier molecular flexibility index (Phi) is 3.56. The van der Waals surface area contributed by atoms with Crippen LogP contribution < -0.4 is 0 Å². The molecular formula is C19H18N2O3. The number of benzene rings is 1. The normalized spacial score (nSPS) is 23.0. The van der Waals surface area contributed by atoms with Gasteiger partial charge in [-0.2, -0.15) is 0 Å². The van der Waals surface area contributed by atoms with Crippen LogP contribution in [0, 0.1) is 18.8 Å². The first-order valence-electron chi connectivity index (χ1n) is 8.16. The maximum Gasteiger partial charge on any atom is 0.233 e. The van der Waals surface area contributed by atoms with Gasteiger partial charge in [-0.05, 0) is 19.8 Å². The van der Waals surface area contributed by atoms with Crippen molar-refractivity contribution in [3.05, 3.63) is 53.8 Å². The van der Waals surface area contributed by atoms with E-state index < -0.39 is 0 Å². The molecular weight excluding hydrogens is 304 g/mol. The SMILES string of the molecule is Cc1ccc(-c2cc(CN3C(=O)[C@@H]4CC=CC[C@H]4C3=O)on2)cc1. The zero-order valence-corrected chi connectivity index (χ0v) is 13.4. The molecule has 1 aliphatic heterocycles. The first-order valence-corrected chi connectivity index (χ1v) is 8.16. The molecule has 0 bridgehead atoms. The number of hydrogen-bond donors (Lipinski definition) is 0. The lowest BCUT2D eigenvalue weighted by atomic mass is 9.85. The van der Waals surface area contributed by atoms with Crippen molar-refractivity contribution in [3.63, 3.8) is 0 Å². The number of hydrogen-bond acceptors (Lipinski definition) is 4. The summed E-state index contributed by atoms with van der Waals surface area (Å²) in [4.78, 5) is 26.3. The van der Waals surface area contributed by atoms with E-state index in [0.717, 1.165) is 5.56 Å². The second-order valence-corrected chi connectivity index (χ2v) is 6.46. The third kappa shape index (κ3) is 2.46. The quantitative estimate of drug-likeness (QED) is 0.643. The highest BCUT2D eigenvalue weighted by Gasteiger charge is 2.47. The molecule has 1 saturated heterocycles. The second kappa shape index (κ2) is 5.74. The fourth-order valence-electron chi connectivity index (χ4n) is 3.43. The number of likely N-dealkylation sites (tertiary alicyclic amines) is 1. The van der Waals surface area contributed by atoms with E-state index in [4.69, 9.17) is 4.52 Å². The average molecular weight is 322 g/mol. The van der Waals surface area contributed by atoms with E-state index in [2.05, 4.69) is 5.16 Å². The van der Waals surface area contributed by atoms with Crippen LogP contribution in [0.4, 0.5) is 0 Å². The molecule has 1 aromatic carbocycles. The summed E-state index contributed by atoms with van der Waals surface area (Å²) in [6.07, 6.45) is 5.27. The number of fused-ring (bicyclic) bond motifs is 1. The van der Waals surface area contributed by atoms with Crippen LogP contribution in [0.25, 0.3) is 11.3 Å². The number of allylic oxidation sites excluding steroid dienone is 2. The minimum atomic E-state index is -0.206. The monoisotopic (exact) mass is 322 g/mol. The molecule has 5 heteroatoms. The third-order valence-corrected chi connectivity index (χ3v) is 4.82. The van der Waals surface area contributed by atoms with Gasteiger partial charge in [-0.25, -0.2) is 0 Å². The number of rotatable bonds is 3. The van der Waals surface area contributed by atoms with Gasteiger partial charge in [-0.3, -0.25) is 14.5 Å². The lowest BCUT2D eigenvalue weighted by Crippen LogP contribution is -2.30. The summed E-state index contributed by atoms with van der Waals surface area (Å²) in [5.74, 6) is -0.0758. The van der Waals surface area contributed by atoms with Gasteiger partial charge in [0.2, 0.25) is 11.8 Å². The van der Waals surface area contributed by atoms with E-state index in [0.29, 0.717) is 24.3 Å². The van der Waals surface area contributed by atoms with Gasteiger partial charge in [0, 0.05) is 11.6 Å². The van der Waals surface area contributed by atoms with Crippen LogP contribution in [-0.2, 0) is 16.1 Å². The Labute approximate surface area is 139 Å². The fraction of sp³-hybridized carbons (Fsp3) is 0.316. The molecule has 1 aromatic heterocycles. The zero-order chi connectivity index (χ0) is 16.7. The van der Waals surface area contributed by atoms with Crippen molar-refractivity contribution >= 4 is 11.8 Å². The van der Waals surface area contributed by atoms with Gasteiger partial charge >= 0.3 is 0 Å². The maximum absolute atomic E-state index is 12.5. The summed E-state index contributed by atoms with van der Waals surface area (Å²) in [6, 6.07) is 9.77. The maximum atomic E-state index is 12.5. The van der Waals surface area contributed by atoms with Crippen LogP contribution >= 0.6 is 0 Å². The van der Waals surface area contributed by atoms with E-state index >= 15 is 0 Å². The molecule has 2 aliphatic rings. The van der Waals surface area contributed by atoms with Gasteiger partial charge in [-0.1, -0.05) is 47.1 Å². The molecule has 0 saturated carbocycles. The Bertz CT molecular complexity index is 793. The van der Waals surface area contributed by atoms with Crippen molar-refractivity contribution in [3.8, 4) is 11.3 Å². The number of aromatic nitrogens is 1. The van der Waals surface area contributed by atoms with Crippen molar-refractivity contribution in [2.75, 3.05) is 0 Å². The number of carbonyl (C=O) groups excluding carboxylic acids is 2. The first-order chi connectivity index (χ1) is 11.6. The predicted octanol–water partition coefficient (Wildman–Crippen LogP) is 3.10. The van der Waals surface area contributed by atoms with Gasteiger partial charge in [0.15, 0.2) is 5.76 Å². The van der Waals surface area contributed by atoms with Crippen LogP contribution in [-0.4, -0.2) is 21.9 Å². The largest absolute Gasteiger partial charge is 0.359 e. The van der Waals surface area contributed by atoms with Crippen LogP contribution in [0.3, 0.4) is 0 Å². The molecule has 2 aromatic rings. The van der Waals surface area contributed by atoms with Crippen molar-refractivity contribution in [1.82, 2.24) is 10.1 Å². The molecule has 24 heavy (non-hydrogen) atoms. The molecule has 0 N–H and O–H groups in total. The van der Waals surface area contributed by atoms with E-state index in [-0.39, 0.29) is 30.2 Å². The van der Waals surface area contributed by atoms with Gasteiger partial charge < -0.3 is 4.52 Å². The van der Waals surface area contributed by atoms with Crippen LogP contribution in [0.2, 0.25) is 0 Å². The number of amides is 2. The highest BCUT2D eigenvalue weighted by atomic mass is 16.5. The van der Waals surface area contributed by atoms with Gasteiger partial charge in [0.1, 0.15) is 5.69 Å². The van der Waals surface area contributed by atoms with E-state index in [9.17, 15) is 9.59 Å². The van der Waals surface area contributed by atoms with Gasteiger partial charge in [-0.15, -0.1) is 0 Å². The summed E-state index contributed by atoms with van der Waals surface area (Å²) in [5.41, 5.74) is 2.84. The van der Waals surface area contributed by atoms with Crippen molar-refractivity contribution in [1.29, 1.82) is 0 Å². The van der Waals surface area contributed by atoms with Gasteiger partial charge in [0.25, 0.3) is 0 Å². The fourth-order valence-corrected chi connectivity index (χ4v) is 3.43. The van der Waals surface area contributed by atoms with Crippen LogP contribution in [0.1, 0.15) is 24.2 Å². The van der Waals surface area contributed by atoms with E-state index in [1.165, 1.54) is 10.5 Å². The number of aryl methyl sites for hydroxylation is 1. The Balaban J connectivity index is 1.53. The van der Waals surface area contributed by atoms with Gasteiger partial charge in [0.05, 0.1) is 18.4 Å². The third-order valence-electron chi connectivity index (χ3n) is 4.82. The number of carbonyl (C=O) groups is 2. The molecule has 0 spiro atoms. The molecule has 5 nitrogen and oxygen atoms in total. The Morgan fingerprint density at radius 1 is 1.08 bits per heavy atom. The molecule has 0 radical (unpaired) electrons. The lowest BCUT2D eigenvalue weighted by Gasteiger charge is -2.14. The molecule has 2 amide bonds. The van der Waals surface area contributed by atoms with Crippen molar-refractivity contribution in [2.45, 2.75) is 26.3 Å². The molecule has 1 aliphatic carbocycles.